The topological polar surface area (TPSA) is 39.7 Å². The predicted octanol–water partition coefficient (Wildman–Crippen LogP) is 3.87. The van der Waals surface area contributed by atoms with E-state index in [0.29, 0.717) is 23.8 Å². The van der Waals surface area contributed by atoms with Crippen molar-refractivity contribution in [3.63, 3.8) is 0 Å². The highest BCUT2D eigenvalue weighted by Crippen LogP contribution is 2.38. The molecule has 0 aliphatic carbocycles. The minimum Gasteiger partial charge on any atom is -0.493 e. The van der Waals surface area contributed by atoms with Crippen LogP contribution in [0, 0.1) is 6.92 Å². The molecular formula is C19H25NO3. The van der Waals surface area contributed by atoms with Crippen LogP contribution < -0.4 is 19.5 Å². The molecule has 0 heterocycles. The first-order chi connectivity index (χ1) is 11.1. The summed E-state index contributed by atoms with van der Waals surface area (Å²) in [4.78, 5) is 0. The number of methoxy groups -OCH3 is 3. The second-order valence-corrected chi connectivity index (χ2v) is 5.55. The Kier molecular flexibility index (Phi) is 5.88. The molecule has 0 saturated heterocycles. The molecule has 1 N–H and O–H groups in total. The zero-order chi connectivity index (χ0) is 16.8. The van der Waals surface area contributed by atoms with Gasteiger partial charge in [-0.15, -0.1) is 0 Å². The molecular weight excluding hydrogens is 290 g/mol. The van der Waals surface area contributed by atoms with E-state index >= 15 is 0 Å². The SMILES string of the molecule is COc1cc(CN[C@H](C)c2ccc(C)cc2)cc(OC)c1OC. The number of hydrogen-bond donors (Lipinski definition) is 1. The van der Waals surface area contributed by atoms with Gasteiger partial charge < -0.3 is 19.5 Å². The lowest BCUT2D eigenvalue weighted by Gasteiger charge is -2.17. The summed E-state index contributed by atoms with van der Waals surface area (Å²) in [5.41, 5.74) is 3.62. The monoisotopic (exact) mass is 315 g/mol. The van der Waals surface area contributed by atoms with Gasteiger partial charge in [0.05, 0.1) is 21.3 Å². The van der Waals surface area contributed by atoms with E-state index < -0.39 is 0 Å². The largest absolute Gasteiger partial charge is 0.493 e. The molecule has 0 aliphatic heterocycles. The highest BCUT2D eigenvalue weighted by molar-refractivity contribution is 5.53. The maximum atomic E-state index is 5.39. The van der Waals surface area contributed by atoms with Gasteiger partial charge in [0.1, 0.15) is 0 Å². The molecule has 0 bridgehead atoms. The maximum Gasteiger partial charge on any atom is 0.203 e. The fraction of sp³-hybridized carbons (Fsp3) is 0.368. The average molecular weight is 315 g/mol. The van der Waals surface area contributed by atoms with E-state index in [9.17, 15) is 0 Å². The Morgan fingerprint density at radius 3 is 1.96 bits per heavy atom. The molecule has 0 amide bonds. The Labute approximate surface area is 138 Å². The minimum atomic E-state index is 0.259. The Morgan fingerprint density at radius 1 is 0.913 bits per heavy atom. The molecule has 0 unspecified atom stereocenters. The maximum absolute atomic E-state index is 5.39. The normalized spacial score (nSPS) is 11.9. The molecule has 124 valence electrons. The predicted molar refractivity (Wildman–Crippen MR) is 92.5 cm³/mol. The highest BCUT2D eigenvalue weighted by Gasteiger charge is 2.13. The first kappa shape index (κ1) is 17.2. The van der Waals surface area contributed by atoms with Crippen molar-refractivity contribution in [1.82, 2.24) is 5.32 Å². The van der Waals surface area contributed by atoms with Crippen LogP contribution in [0.4, 0.5) is 0 Å². The molecule has 0 radical (unpaired) electrons. The van der Waals surface area contributed by atoms with Crippen LogP contribution >= 0.6 is 0 Å². The molecule has 1 atom stereocenters. The zero-order valence-electron chi connectivity index (χ0n) is 14.5. The van der Waals surface area contributed by atoms with Crippen LogP contribution in [-0.2, 0) is 6.54 Å². The van der Waals surface area contributed by atoms with Crippen LogP contribution in [0.25, 0.3) is 0 Å². The highest BCUT2D eigenvalue weighted by atomic mass is 16.5. The van der Waals surface area contributed by atoms with Crippen LogP contribution in [0.15, 0.2) is 36.4 Å². The molecule has 0 fully saturated rings. The van der Waals surface area contributed by atoms with Crippen LogP contribution in [0.5, 0.6) is 17.2 Å². The van der Waals surface area contributed by atoms with E-state index in [4.69, 9.17) is 14.2 Å². The third kappa shape index (κ3) is 4.17. The number of hydrogen-bond acceptors (Lipinski definition) is 4. The lowest BCUT2D eigenvalue weighted by Crippen LogP contribution is -2.18. The van der Waals surface area contributed by atoms with E-state index in [1.54, 1.807) is 21.3 Å². The molecule has 0 aliphatic rings. The Bertz CT molecular complexity index is 613. The number of rotatable bonds is 7. The van der Waals surface area contributed by atoms with Crippen molar-refractivity contribution in [3.05, 3.63) is 53.1 Å². The van der Waals surface area contributed by atoms with Crippen LogP contribution in [0.1, 0.15) is 29.7 Å². The third-order valence-electron chi connectivity index (χ3n) is 3.91. The molecule has 0 aromatic heterocycles. The van der Waals surface area contributed by atoms with Crippen molar-refractivity contribution in [2.75, 3.05) is 21.3 Å². The zero-order valence-corrected chi connectivity index (χ0v) is 14.5. The van der Waals surface area contributed by atoms with Gasteiger partial charge in [-0.3, -0.25) is 0 Å². The van der Waals surface area contributed by atoms with Crippen molar-refractivity contribution < 1.29 is 14.2 Å². The van der Waals surface area contributed by atoms with Gasteiger partial charge in [-0.25, -0.2) is 0 Å². The summed E-state index contributed by atoms with van der Waals surface area (Å²) < 4.78 is 16.1. The van der Waals surface area contributed by atoms with Crippen molar-refractivity contribution >= 4 is 0 Å². The molecule has 4 nitrogen and oxygen atoms in total. The minimum absolute atomic E-state index is 0.259. The number of nitrogens with one attached hydrogen (secondary N) is 1. The van der Waals surface area contributed by atoms with Gasteiger partial charge in [0.25, 0.3) is 0 Å². The smallest absolute Gasteiger partial charge is 0.203 e. The quantitative estimate of drug-likeness (QED) is 0.842. The fourth-order valence-electron chi connectivity index (χ4n) is 2.48. The summed E-state index contributed by atoms with van der Waals surface area (Å²) >= 11 is 0. The molecule has 0 spiro atoms. The van der Waals surface area contributed by atoms with Gasteiger partial charge >= 0.3 is 0 Å². The Balaban J connectivity index is 2.12. The summed E-state index contributed by atoms with van der Waals surface area (Å²) in [5.74, 6) is 1.96. The van der Waals surface area contributed by atoms with Crippen molar-refractivity contribution in [1.29, 1.82) is 0 Å². The standard InChI is InChI=1S/C19H25NO3/c1-13-6-8-16(9-7-13)14(2)20-12-15-10-17(21-3)19(23-5)18(11-15)22-4/h6-11,14,20H,12H2,1-5H3/t14-/m1/s1. The molecule has 23 heavy (non-hydrogen) atoms. The third-order valence-corrected chi connectivity index (χ3v) is 3.91. The summed E-state index contributed by atoms with van der Waals surface area (Å²) in [6, 6.07) is 12.8. The lowest BCUT2D eigenvalue weighted by atomic mass is 10.1. The molecule has 2 aromatic rings. The first-order valence-corrected chi connectivity index (χ1v) is 7.67. The average Bonchev–Trinajstić information content (AvgIpc) is 2.59. The van der Waals surface area contributed by atoms with E-state index in [1.807, 2.05) is 12.1 Å². The van der Waals surface area contributed by atoms with Crippen LogP contribution in [0.2, 0.25) is 0 Å². The number of benzene rings is 2. The number of aryl methyl sites for hydroxylation is 1. The van der Waals surface area contributed by atoms with Gasteiger partial charge in [-0.1, -0.05) is 29.8 Å². The van der Waals surface area contributed by atoms with Gasteiger partial charge in [0.2, 0.25) is 5.75 Å². The fourth-order valence-corrected chi connectivity index (χ4v) is 2.48. The first-order valence-electron chi connectivity index (χ1n) is 7.67. The van der Waals surface area contributed by atoms with Gasteiger partial charge in [-0.05, 0) is 37.1 Å². The molecule has 0 saturated carbocycles. The number of ether oxygens (including phenoxy) is 3. The van der Waals surface area contributed by atoms with E-state index in [1.165, 1.54) is 11.1 Å². The van der Waals surface area contributed by atoms with E-state index in [0.717, 1.165) is 5.56 Å². The van der Waals surface area contributed by atoms with Crippen LogP contribution in [-0.4, -0.2) is 21.3 Å². The van der Waals surface area contributed by atoms with Gasteiger partial charge in [0.15, 0.2) is 11.5 Å². The summed E-state index contributed by atoms with van der Waals surface area (Å²) in [6.07, 6.45) is 0. The summed E-state index contributed by atoms with van der Waals surface area (Å²) in [6.45, 7) is 4.96. The molecule has 2 aromatic carbocycles. The lowest BCUT2D eigenvalue weighted by molar-refractivity contribution is 0.323. The van der Waals surface area contributed by atoms with Crippen molar-refractivity contribution in [2.24, 2.45) is 0 Å². The van der Waals surface area contributed by atoms with E-state index in [-0.39, 0.29) is 6.04 Å². The summed E-state index contributed by atoms with van der Waals surface area (Å²) in [7, 11) is 4.87. The Hall–Kier alpha value is -2.20. The molecule has 4 heteroatoms. The van der Waals surface area contributed by atoms with E-state index in [2.05, 4.69) is 43.4 Å². The van der Waals surface area contributed by atoms with Gasteiger partial charge in [-0.2, -0.15) is 0 Å². The van der Waals surface area contributed by atoms with Crippen molar-refractivity contribution in [2.45, 2.75) is 26.4 Å². The van der Waals surface area contributed by atoms with Crippen LogP contribution in [0.3, 0.4) is 0 Å². The van der Waals surface area contributed by atoms with Gasteiger partial charge in [0, 0.05) is 12.6 Å². The second kappa shape index (κ2) is 7.88. The Morgan fingerprint density at radius 2 is 1.48 bits per heavy atom. The second-order valence-electron chi connectivity index (χ2n) is 5.55. The summed E-state index contributed by atoms with van der Waals surface area (Å²) in [5, 5.41) is 3.52. The van der Waals surface area contributed by atoms with Crippen molar-refractivity contribution in [3.8, 4) is 17.2 Å². The molecule has 2 rings (SSSR count).